The van der Waals surface area contributed by atoms with Crippen molar-refractivity contribution in [3.05, 3.63) is 17.0 Å². The van der Waals surface area contributed by atoms with Crippen LogP contribution in [-0.2, 0) is 0 Å². The second-order valence-corrected chi connectivity index (χ2v) is 5.17. The number of nitrogens with one attached hydrogen (secondary N) is 1. The van der Waals surface area contributed by atoms with Crippen LogP contribution in [0.2, 0.25) is 0 Å². The highest BCUT2D eigenvalue weighted by atomic mass is 32.1. The van der Waals surface area contributed by atoms with Gasteiger partial charge in [-0.05, 0) is 49.6 Å². The number of anilines is 1. The SMILES string of the molecule is Cc1ccsc1NC1CCC(C#N)CC1. The molecule has 0 unspecified atom stereocenters. The van der Waals surface area contributed by atoms with E-state index in [1.54, 1.807) is 11.3 Å². The Morgan fingerprint density at radius 3 is 2.67 bits per heavy atom. The van der Waals surface area contributed by atoms with Gasteiger partial charge in [0.25, 0.3) is 0 Å². The van der Waals surface area contributed by atoms with Crippen molar-refractivity contribution in [2.24, 2.45) is 5.92 Å². The average Bonchev–Trinajstić information content (AvgIpc) is 2.66. The summed E-state index contributed by atoms with van der Waals surface area (Å²) in [6, 6.07) is 5.09. The number of thiophene rings is 1. The predicted octanol–water partition coefficient (Wildman–Crippen LogP) is 3.55. The van der Waals surface area contributed by atoms with Gasteiger partial charge in [-0.2, -0.15) is 5.26 Å². The summed E-state index contributed by atoms with van der Waals surface area (Å²) in [7, 11) is 0. The molecule has 1 aliphatic rings. The van der Waals surface area contributed by atoms with E-state index in [9.17, 15) is 0 Å². The first kappa shape index (κ1) is 10.5. The molecule has 1 heterocycles. The van der Waals surface area contributed by atoms with Gasteiger partial charge in [-0.1, -0.05) is 0 Å². The van der Waals surface area contributed by atoms with Gasteiger partial charge < -0.3 is 5.32 Å². The van der Waals surface area contributed by atoms with Gasteiger partial charge >= 0.3 is 0 Å². The smallest absolute Gasteiger partial charge is 0.0914 e. The topological polar surface area (TPSA) is 35.8 Å². The predicted molar refractivity (Wildman–Crippen MR) is 64.0 cm³/mol. The average molecular weight is 220 g/mol. The Morgan fingerprint density at radius 1 is 1.40 bits per heavy atom. The lowest BCUT2D eigenvalue weighted by molar-refractivity contribution is 0.398. The number of aryl methyl sites for hydroxylation is 1. The van der Waals surface area contributed by atoms with Gasteiger partial charge in [0.05, 0.1) is 11.1 Å². The monoisotopic (exact) mass is 220 g/mol. The zero-order valence-electron chi connectivity index (χ0n) is 8.99. The summed E-state index contributed by atoms with van der Waals surface area (Å²) in [5.74, 6) is 0.299. The lowest BCUT2D eigenvalue weighted by Gasteiger charge is -2.26. The van der Waals surface area contributed by atoms with Crippen molar-refractivity contribution in [2.45, 2.75) is 38.6 Å². The van der Waals surface area contributed by atoms with Crippen molar-refractivity contribution < 1.29 is 0 Å². The van der Waals surface area contributed by atoms with E-state index in [4.69, 9.17) is 5.26 Å². The Morgan fingerprint density at radius 2 is 2.13 bits per heavy atom. The van der Waals surface area contributed by atoms with Crippen LogP contribution < -0.4 is 5.32 Å². The lowest BCUT2D eigenvalue weighted by atomic mass is 9.87. The molecule has 1 saturated carbocycles. The van der Waals surface area contributed by atoms with Gasteiger partial charge in [-0.15, -0.1) is 11.3 Å². The molecule has 0 atom stereocenters. The molecule has 0 radical (unpaired) electrons. The maximum atomic E-state index is 8.81. The molecule has 1 aliphatic carbocycles. The summed E-state index contributed by atoms with van der Waals surface area (Å²) in [6.45, 7) is 2.14. The van der Waals surface area contributed by atoms with Gasteiger partial charge in [0, 0.05) is 12.0 Å². The van der Waals surface area contributed by atoms with E-state index >= 15 is 0 Å². The first-order chi connectivity index (χ1) is 7.29. The van der Waals surface area contributed by atoms with E-state index in [0.29, 0.717) is 12.0 Å². The fourth-order valence-electron chi connectivity index (χ4n) is 2.07. The molecule has 15 heavy (non-hydrogen) atoms. The third kappa shape index (κ3) is 2.51. The molecular weight excluding hydrogens is 204 g/mol. The van der Waals surface area contributed by atoms with Crippen LogP contribution in [-0.4, -0.2) is 6.04 Å². The van der Waals surface area contributed by atoms with Crippen LogP contribution in [0.15, 0.2) is 11.4 Å². The molecule has 1 N–H and O–H groups in total. The Labute approximate surface area is 94.9 Å². The summed E-state index contributed by atoms with van der Waals surface area (Å²) in [6.07, 6.45) is 4.38. The molecule has 0 aliphatic heterocycles. The van der Waals surface area contributed by atoms with Gasteiger partial charge in [0.1, 0.15) is 0 Å². The van der Waals surface area contributed by atoms with Crippen LogP contribution in [0.5, 0.6) is 0 Å². The van der Waals surface area contributed by atoms with Crippen molar-refractivity contribution in [3.8, 4) is 6.07 Å². The van der Waals surface area contributed by atoms with Gasteiger partial charge in [-0.25, -0.2) is 0 Å². The Bertz CT molecular complexity index is 356. The van der Waals surface area contributed by atoms with Crippen LogP contribution in [0.4, 0.5) is 5.00 Å². The Hall–Kier alpha value is -1.01. The molecule has 0 saturated heterocycles. The van der Waals surface area contributed by atoms with Gasteiger partial charge in [0.15, 0.2) is 0 Å². The first-order valence-electron chi connectivity index (χ1n) is 5.50. The molecule has 1 fully saturated rings. The van der Waals surface area contributed by atoms with Crippen LogP contribution >= 0.6 is 11.3 Å². The lowest BCUT2D eigenvalue weighted by Crippen LogP contribution is -2.25. The summed E-state index contributed by atoms with van der Waals surface area (Å²) < 4.78 is 0. The summed E-state index contributed by atoms with van der Waals surface area (Å²) in [5, 5.41) is 15.8. The molecule has 2 nitrogen and oxygen atoms in total. The maximum Gasteiger partial charge on any atom is 0.0914 e. The molecule has 0 spiro atoms. The second-order valence-electron chi connectivity index (χ2n) is 4.25. The van der Waals surface area contributed by atoms with Crippen molar-refractivity contribution in [1.82, 2.24) is 0 Å². The fraction of sp³-hybridized carbons (Fsp3) is 0.583. The molecule has 0 bridgehead atoms. The van der Waals surface area contributed by atoms with Crippen molar-refractivity contribution in [1.29, 1.82) is 5.26 Å². The van der Waals surface area contributed by atoms with E-state index in [1.165, 1.54) is 10.6 Å². The summed E-state index contributed by atoms with van der Waals surface area (Å²) in [4.78, 5) is 0. The molecular formula is C12H16N2S. The van der Waals surface area contributed by atoms with Crippen molar-refractivity contribution in [3.63, 3.8) is 0 Å². The zero-order valence-corrected chi connectivity index (χ0v) is 9.81. The normalized spacial score (nSPS) is 25.9. The maximum absolute atomic E-state index is 8.81. The molecule has 1 aromatic heterocycles. The summed E-state index contributed by atoms with van der Waals surface area (Å²) >= 11 is 1.77. The third-order valence-electron chi connectivity index (χ3n) is 3.11. The fourth-order valence-corrected chi connectivity index (χ4v) is 2.97. The van der Waals surface area contributed by atoms with Crippen LogP contribution in [0.25, 0.3) is 0 Å². The van der Waals surface area contributed by atoms with E-state index < -0.39 is 0 Å². The highest BCUT2D eigenvalue weighted by Gasteiger charge is 2.20. The van der Waals surface area contributed by atoms with Crippen LogP contribution in [0, 0.1) is 24.2 Å². The first-order valence-corrected chi connectivity index (χ1v) is 6.38. The van der Waals surface area contributed by atoms with Crippen molar-refractivity contribution >= 4 is 16.3 Å². The number of hydrogen-bond donors (Lipinski definition) is 1. The Kier molecular flexibility index (Phi) is 3.27. The van der Waals surface area contributed by atoms with Gasteiger partial charge in [0.2, 0.25) is 0 Å². The quantitative estimate of drug-likeness (QED) is 0.827. The third-order valence-corrected chi connectivity index (χ3v) is 4.05. The number of rotatable bonds is 2. The number of hydrogen-bond acceptors (Lipinski definition) is 3. The highest BCUT2D eigenvalue weighted by molar-refractivity contribution is 7.14. The Balaban J connectivity index is 1.88. The standard InChI is InChI=1S/C12H16N2S/c1-9-6-7-15-12(9)14-11-4-2-10(8-13)3-5-11/h6-7,10-11,14H,2-5H2,1H3. The highest BCUT2D eigenvalue weighted by Crippen LogP contribution is 2.29. The van der Waals surface area contributed by atoms with E-state index in [0.717, 1.165) is 25.7 Å². The van der Waals surface area contributed by atoms with Gasteiger partial charge in [-0.3, -0.25) is 0 Å². The van der Waals surface area contributed by atoms with Crippen LogP contribution in [0.1, 0.15) is 31.2 Å². The summed E-state index contributed by atoms with van der Waals surface area (Å²) in [5.41, 5.74) is 1.34. The minimum atomic E-state index is 0.299. The number of nitriles is 1. The van der Waals surface area contributed by atoms with Crippen LogP contribution in [0.3, 0.4) is 0 Å². The zero-order chi connectivity index (χ0) is 10.7. The second kappa shape index (κ2) is 4.67. The van der Waals surface area contributed by atoms with E-state index in [-0.39, 0.29) is 0 Å². The van der Waals surface area contributed by atoms with Crippen molar-refractivity contribution in [2.75, 3.05) is 5.32 Å². The molecule has 0 amide bonds. The molecule has 3 heteroatoms. The van der Waals surface area contributed by atoms with E-state index in [1.807, 2.05) is 0 Å². The molecule has 80 valence electrons. The minimum absolute atomic E-state index is 0.299. The molecule has 0 aromatic carbocycles. The van der Waals surface area contributed by atoms with E-state index in [2.05, 4.69) is 29.8 Å². The molecule has 2 rings (SSSR count). The number of nitrogens with zero attached hydrogens (tertiary/aromatic N) is 1. The largest absolute Gasteiger partial charge is 0.374 e. The minimum Gasteiger partial charge on any atom is -0.374 e. The molecule has 1 aromatic rings.